The molecule has 0 saturated carbocycles. The van der Waals surface area contributed by atoms with Crippen LogP contribution in [0.5, 0.6) is 0 Å². The van der Waals surface area contributed by atoms with Crippen LogP contribution < -0.4 is 0 Å². The number of ether oxygens (including phenoxy) is 1. The molecule has 0 unspecified atom stereocenters. The molecule has 0 aromatic carbocycles. The number of hydrogen-bond acceptors (Lipinski definition) is 3. The fourth-order valence-corrected chi connectivity index (χ4v) is 0.895. The maximum atomic E-state index is 10.6. The summed E-state index contributed by atoms with van der Waals surface area (Å²) >= 11 is 0. The van der Waals surface area contributed by atoms with Gasteiger partial charge in [-0.15, -0.1) is 0 Å². The van der Waals surface area contributed by atoms with Crippen LogP contribution >= 0.6 is 0 Å². The van der Waals surface area contributed by atoms with Crippen LogP contribution in [-0.2, 0) is 9.53 Å². The first-order chi connectivity index (χ1) is 5.66. The van der Waals surface area contributed by atoms with Crippen molar-refractivity contribution in [3.63, 3.8) is 0 Å². The molecule has 0 atom stereocenters. The van der Waals surface area contributed by atoms with Crippen LogP contribution in [0.4, 0.5) is 0 Å². The van der Waals surface area contributed by atoms with Crippen molar-refractivity contribution in [2.75, 3.05) is 20.3 Å². The van der Waals surface area contributed by atoms with Crippen LogP contribution in [0.25, 0.3) is 0 Å². The first-order valence-corrected chi connectivity index (χ1v) is 4.15. The Morgan fingerprint density at radius 2 is 2.08 bits per heavy atom. The number of rotatable bonds is 6. The number of methoxy groups -OCH3 is 1. The van der Waals surface area contributed by atoms with E-state index in [1.165, 1.54) is 0 Å². The summed E-state index contributed by atoms with van der Waals surface area (Å²) in [7, 11) is 1.67. The predicted octanol–water partition coefficient (Wildman–Crippen LogP) is 1.46. The van der Waals surface area contributed by atoms with Crippen molar-refractivity contribution >= 4 is 11.5 Å². The van der Waals surface area contributed by atoms with Gasteiger partial charge in [-0.1, -0.05) is 0 Å². The Morgan fingerprint density at radius 1 is 1.42 bits per heavy atom. The maximum Gasteiger partial charge on any atom is 0.135 e. The molecule has 0 aliphatic heterocycles. The third kappa shape index (κ3) is 7.41. The first-order valence-electron chi connectivity index (χ1n) is 4.15. The molecule has 0 aromatic rings. The topological polar surface area (TPSA) is 38.7 Å². The Hall–Kier alpha value is -0.700. The van der Waals surface area contributed by atoms with E-state index < -0.39 is 0 Å². The zero-order chi connectivity index (χ0) is 9.40. The number of carbonyl (C=O) groups is 1. The van der Waals surface area contributed by atoms with E-state index in [0.29, 0.717) is 6.42 Å². The van der Waals surface area contributed by atoms with E-state index in [2.05, 4.69) is 4.99 Å². The van der Waals surface area contributed by atoms with Crippen molar-refractivity contribution < 1.29 is 9.53 Å². The zero-order valence-corrected chi connectivity index (χ0v) is 8.09. The van der Waals surface area contributed by atoms with E-state index in [1.807, 2.05) is 6.92 Å². The summed E-state index contributed by atoms with van der Waals surface area (Å²) in [6.07, 6.45) is 1.40. The van der Waals surface area contributed by atoms with Gasteiger partial charge in [-0.2, -0.15) is 0 Å². The Kier molecular flexibility index (Phi) is 6.57. The molecular formula is C9H17NO2. The highest BCUT2D eigenvalue weighted by Gasteiger charge is 1.95. The molecule has 70 valence electrons. The third-order valence-corrected chi connectivity index (χ3v) is 1.39. The molecule has 12 heavy (non-hydrogen) atoms. The lowest BCUT2D eigenvalue weighted by atomic mass is 10.2. The monoisotopic (exact) mass is 171 g/mol. The molecule has 0 aliphatic carbocycles. The minimum absolute atomic E-state index is 0.169. The molecule has 0 fully saturated rings. The standard InChI is InChI=1S/C9H17NO2/c1-8(7-9(2)11)10-5-4-6-12-3/h4-7H2,1-3H3. The zero-order valence-electron chi connectivity index (χ0n) is 8.09. The molecule has 0 aromatic heterocycles. The van der Waals surface area contributed by atoms with E-state index in [-0.39, 0.29) is 5.78 Å². The molecule has 0 rings (SSSR count). The van der Waals surface area contributed by atoms with Gasteiger partial charge in [0.2, 0.25) is 0 Å². The average molecular weight is 171 g/mol. The minimum atomic E-state index is 0.169. The van der Waals surface area contributed by atoms with Crippen LogP contribution in [0.2, 0.25) is 0 Å². The van der Waals surface area contributed by atoms with Crippen LogP contribution in [-0.4, -0.2) is 31.8 Å². The molecular weight excluding hydrogens is 154 g/mol. The van der Waals surface area contributed by atoms with Crippen molar-refractivity contribution in [1.29, 1.82) is 0 Å². The normalized spacial score (nSPS) is 11.8. The van der Waals surface area contributed by atoms with Gasteiger partial charge >= 0.3 is 0 Å². The van der Waals surface area contributed by atoms with Crippen molar-refractivity contribution in [2.24, 2.45) is 4.99 Å². The van der Waals surface area contributed by atoms with E-state index >= 15 is 0 Å². The molecule has 0 amide bonds. The first kappa shape index (κ1) is 11.3. The van der Waals surface area contributed by atoms with Crippen LogP contribution in [0.1, 0.15) is 26.7 Å². The highest BCUT2D eigenvalue weighted by molar-refractivity contribution is 5.99. The van der Waals surface area contributed by atoms with E-state index in [4.69, 9.17) is 4.74 Å². The van der Waals surface area contributed by atoms with Crippen molar-refractivity contribution in [3.8, 4) is 0 Å². The van der Waals surface area contributed by atoms with Gasteiger partial charge in [0.15, 0.2) is 0 Å². The summed E-state index contributed by atoms with van der Waals surface area (Å²) in [5.41, 5.74) is 0.915. The molecule has 3 heteroatoms. The molecule has 0 saturated heterocycles. The lowest BCUT2D eigenvalue weighted by Crippen LogP contribution is -2.01. The van der Waals surface area contributed by atoms with Gasteiger partial charge in [0.05, 0.1) is 0 Å². The summed E-state index contributed by atoms with van der Waals surface area (Å²) < 4.78 is 4.87. The van der Waals surface area contributed by atoms with Crippen LogP contribution in [0.15, 0.2) is 4.99 Å². The number of aliphatic imine (C=N–C) groups is 1. The van der Waals surface area contributed by atoms with Gasteiger partial charge in [0, 0.05) is 32.4 Å². The Labute approximate surface area is 73.8 Å². The summed E-state index contributed by atoms with van der Waals surface area (Å²) in [4.78, 5) is 14.9. The van der Waals surface area contributed by atoms with Gasteiger partial charge in [0.25, 0.3) is 0 Å². The average Bonchev–Trinajstić information content (AvgIpc) is 1.97. The Morgan fingerprint density at radius 3 is 2.58 bits per heavy atom. The molecule has 0 spiro atoms. The fourth-order valence-electron chi connectivity index (χ4n) is 0.895. The van der Waals surface area contributed by atoms with E-state index in [9.17, 15) is 4.79 Å². The summed E-state index contributed by atoms with van der Waals surface area (Å²) in [5, 5.41) is 0. The van der Waals surface area contributed by atoms with Gasteiger partial charge in [-0.3, -0.25) is 9.79 Å². The lowest BCUT2D eigenvalue weighted by molar-refractivity contribution is -0.115. The molecule has 0 radical (unpaired) electrons. The molecule has 0 aliphatic rings. The van der Waals surface area contributed by atoms with Crippen LogP contribution in [0, 0.1) is 0 Å². The predicted molar refractivity (Wildman–Crippen MR) is 49.8 cm³/mol. The second-order valence-corrected chi connectivity index (χ2v) is 2.84. The summed E-state index contributed by atoms with van der Waals surface area (Å²) in [5.74, 6) is 0.169. The fraction of sp³-hybridized carbons (Fsp3) is 0.778. The van der Waals surface area contributed by atoms with Gasteiger partial charge < -0.3 is 4.74 Å². The second-order valence-electron chi connectivity index (χ2n) is 2.84. The number of hydrogen-bond donors (Lipinski definition) is 0. The Bertz CT molecular complexity index is 164. The smallest absolute Gasteiger partial charge is 0.135 e. The lowest BCUT2D eigenvalue weighted by Gasteiger charge is -1.97. The number of nitrogens with zero attached hydrogens (tertiary/aromatic N) is 1. The quantitative estimate of drug-likeness (QED) is 0.448. The number of Topliss-reactive ketones (excluding diaryl/α,β-unsaturated/α-hetero) is 1. The van der Waals surface area contributed by atoms with Crippen LogP contribution in [0.3, 0.4) is 0 Å². The number of ketones is 1. The maximum absolute atomic E-state index is 10.6. The van der Waals surface area contributed by atoms with Crippen molar-refractivity contribution in [1.82, 2.24) is 0 Å². The van der Waals surface area contributed by atoms with Gasteiger partial charge in [0.1, 0.15) is 5.78 Å². The molecule has 0 bridgehead atoms. The Balaban J connectivity index is 3.48. The number of carbonyl (C=O) groups excluding carboxylic acids is 1. The van der Waals surface area contributed by atoms with Gasteiger partial charge in [-0.05, 0) is 20.3 Å². The summed E-state index contributed by atoms with van der Waals surface area (Å²) in [6, 6.07) is 0. The third-order valence-electron chi connectivity index (χ3n) is 1.39. The second kappa shape index (κ2) is 6.98. The van der Waals surface area contributed by atoms with E-state index in [1.54, 1.807) is 14.0 Å². The molecule has 0 heterocycles. The minimum Gasteiger partial charge on any atom is -0.385 e. The molecule has 3 nitrogen and oxygen atoms in total. The van der Waals surface area contributed by atoms with Gasteiger partial charge in [-0.25, -0.2) is 0 Å². The largest absolute Gasteiger partial charge is 0.385 e. The van der Waals surface area contributed by atoms with Crippen molar-refractivity contribution in [3.05, 3.63) is 0 Å². The van der Waals surface area contributed by atoms with E-state index in [0.717, 1.165) is 25.3 Å². The highest BCUT2D eigenvalue weighted by Crippen LogP contribution is 1.90. The SMILES string of the molecule is COCCCN=C(C)CC(C)=O. The molecule has 0 N–H and O–H groups in total. The van der Waals surface area contributed by atoms with Crippen molar-refractivity contribution in [2.45, 2.75) is 26.7 Å². The summed E-state index contributed by atoms with van der Waals surface area (Å²) in [6.45, 7) is 4.95. The highest BCUT2D eigenvalue weighted by atomic mass is 16.5.